The van der Waals surface area contributed by atoms with Crippen LogP contribution in [-0.4, -0.2) is 36.7 Å². The van der Waals surface area contributed by atoms with E-state index in [4.69, 9.17) is 0 Å². The van der Waals surface area contributed by atoms with Crippen LogP contribution < -0.4 is 0 Å². The van der Waals surface area contributed by atoms with Crippen molar-refractivity contribution < 1.29 is 13.6 Å². The molecule has 0 aliphatic carbocycles. The average molecular weight is 205 g/mol. The first-order valence-electron chi connectivity index (χ1n) is 5.05. The van der Waals surface area contributed by atoms with E-state index in [2.05, 4.69) is 0 Å². The summed E-state index contributed by atoms with van der Waals surface area (Å²) in [6.45, 7) is 2.14. The summed E-state index contributed by atoms with van der Waals surface area (Å²) in [7, 11) is 0. The lowest BCUT2D eigenvalue weighted by atomic mass is 9.95. The molecule has 1 rings (SSSR count). The zero-order valence-electron chi connectivity index (χ0n) is 8.51. The molecule has 0 aromatic carbocycles. The van der Waals surface area contributed by atoms with Crippen molar-refractivity contribution in [2.45, 2.75) is 32.1 Å². The minimum Gasteiger partial charge on any atom is -0.303 e. The first kappa shape index (κ1) is 11.6. The highest BCUT2D eigenvalue weighted by Crippen LogP contribution is 2.22. The van der Waals surface area contributed by atoms with Crippen molar-refractivity contribution in [3.8, 4) is 0 Å². The Bertz CT molecular complexity index is 191. The molecule has 0 aromatic rings. The van der Waals surface area contributed by atoms with Crippen molar-refractivity contribution in [1.29, 1.82) is 0 Å². The van der Waals surface area contributed by atoms with E-state index in [1.165, 1.54) is 0 Å². The Hall–Kier alpha value is -0.510. The summed E-state index contributed by atoms with van der Waals surface area (Å²) in [5.41, 5.74) is 0. The fourth-order valence-electron chi connectivity index (χ4n) is 2.02. The van der Waals surface area contributed by atoms with Crippen molar-refractivity contribution in [3.63, 3.8) is 0 Å². The summed E-state index contributed by atoms with van der Waals surface area (Å²) < 4.78 is 25.4. The predicted octanol–water partition coefficient (Wildman–Crippen LogP) is 1.94. The summed E-state index contributed by atoms with van der Waals surface area (Å²) in [6.07, 6.45) is 3.31. The van der Waals surface area contributed by atoms with Crippen molar-refractivity contribution in [3.05, 3.63) is 0 Å². The lowest BCUT2D eigenvalue weighted by molar-refractivity contribution is -0.109. The van der Waals surface area contributed by atoms with Crippen LogP contribution in [0.25, 0.3) is 0 Å². The Balaban J connectivity index is 2.36. The molecule has 0 N–H and O–H groups in total. The topological polar surface area (TPSA) is 20.3 Å². The summed E-state index contributed by atoms with van der Waals surface area (Å²) in [4.78, 5) is 12.1. The van der Waals surface area contributed by atoms with E-state index in [1.807, 2.05) is 0 Å². The largest absolute Gasteiger partial charge is 0.303 e. The maximum atomic E-state index is 12.7. The van der Waals surface area contributed by atoms with Crippen LogP contribution in [0, 0.1) is 5.92 Å². The summed E-state index contributed by atoms with van der Waals surface area (Å²) >= 11 is 0. The van der Waals surface area contributed by atoms with Crippen LogP contribution in [0.4, 0.5) is 8.78 Å². The molecule has 0 aromatic heterocycles. The summed E-state index contributed by atoms with van der Waals surface area (Å²) in [5, 5.41) is 0. The predicted molar refractivity (Wildman–Crippen MR) is 50.5 cm³/mol. The molecule has 1 aliphatic rings. The quantitative estimate of drug-likeness (QED) is 0.654. The second-order valence-electron chi connectivity index (χ2n) is 4.22. The van der Waals surface area contributed by atoms with Gasteiger partial charge in [-0.25, -0.2) is 8.78 Å². The number of piperidine rings is 1. The van der Waals surface area contributed by atoms with E-state index in [0.29, 0.717) is 13.0 Å². The lowest BCUT2D eigenvalue weighted by Crippen LogP contribution is -2.41. The number of hydrogen-bond acceptors (Lipinski definition) is 2. The number of nitrogens with zero attached hydrogens (tertiary/aromatic N) is 1. The molecule has 1 saturated heterocycles. The molecule has 4 heteroatoms. The summed E-state index contributed by atoms with van der Waals surface area (Å²) in [6, 6.07) is 0. The first-order chi connectivity index (χ1) is 6.51. The third kappa shape index (κ3) is 4.13. The van der Waals surface area contributed by atoms with Gasteiger partial charge >= 0.3 is 0 Å². The normalized spacial score (nSPS) is 24.9. The highest BCUT2D eigenvalue weighted by atomic mass is 19.3. The van der Waals surface area contributed by atoms with Crippen molar-refractivity contribution >= 4 is 6.29 Å². The van der Waals surface area contributed by atoms with E-state index in [-0.39, 0.29) is 12.5 Å². The van der Waals surface area contributed by atoms with Crippen LogP contribution in [0.1, 0.15) is 26.2 Å². The van der Waals surface area contributed by atoms with Gasteiger partial charge in [0, 0.05) is 19.9 Å². The molecule has 0 radical (unpaired) electrons. The SMILES string of the molecule is CC(F)(F)CN1CCCC(CC=O)C1. The first-order valence-corrected chi connectivity index (χ1v) is 5.05. The van der Waals surface area contributed by atoms with Gasteiger partial charge in [-0.05, 0) is 25.3 Å². The molecule has 0 bridgehead atoms. The van der Waals surface area contributed by atoms with Gasteiger partial charge in [-0.2, -0.15) is 0 Å². The van der Waals surface area contributed by atoms with Gasteiger partial charge in [-0.15, -0.1) is 0 Å². The monoisotopic (exact) mass is 205 g/mol. The number of alkyl halides is 2. The third-order valence-corrected chi connectivity index (χ3v) is 2.53. The number of carbonyl (C=O) groups excluding carboxylic acids is 1. The standard InChI is InChI=1S/C10H17F2NO/c1-10(11,12)8-13-5-2-3-9(7-13)4-6-14/h6,9H,2-5,7-8H2,1H3. The van der Waals surface area contributed by atoms with Gasteiger partial charge in [0.1, 0.15) is 6.29 Å². The Morgan fingerprint density at radius 2 is 2.29 bits per heavy atom. The number of aldehydes is 1. The number of halogens is 2. The molecule has 0 saturated carbocycles. The van der Waals surface area contributed by atoms with E-state index < -0.39 is 5.92 Å². The number of rotatable bonds is 4. The van der Waals surface area contributed by atoms with Gasteiger partial charge in [0.05, 0.1) is 6.54 Å². The maximum Gasteiger partial charge on any atom is 0.257 e. The number of likely N-dealkylation sites (tertiary alicyclic amines) is 1. The lowest BCUT2D eigenvalue weighted by Gasteiger charge is -2.33. The van der Waals surface area contributed by atoms with E-state index in [1.54, 1.807) is 4.90 Å². The average Bonchev–Trinajstić information content (AvgIpc) is 2.02. The minimum atomic E-state index is -2.62. The van der Waals surface area contributed by atoms with Crippen LogP contribution in [0.5, 0.6) is 0 Å². The van der Waals surface area contributed by atoms with Gasteiger partial charge in [0.2, 0.25) is 0 Å². The zero-order valence-corrected chi connectivity index (χ0v) is 8.51. The van der Waals surface area contributed by atoms with Crippen LogP contribution in [0.15, 0.2) is 0 Å². The van der Waals surface area contributed by atoms with Gasteiger partial charge in [-0.1, -0.05) is 0 Å². The van der Waals surface area contributed by atoms with Crippen LogP contribution in [-0.2, 0) is 4.79 Å². The zero-order chi connectivity index (χ0) is 10.6. The minimum absolute atomic E-state index is 0.178. The molecule has 1 heterocycles. The molecular weight excluding hydrogens is 188 g/mol. The second kappa shape index (κ2) is 4.82. The molecule has 2 nitrogen and oxygen atoms in total. The molecule has 1 atom stereocenters. The fourth-order valence-corrected chi connectivity index (χ4v) is 2.02. The number of hydrogen-bond donors (Lipinski definition) is 0. The van der Waals surface area contributed by atoms with Gasteiger partial charge < -0.3 is 4.79 Å². The van der Waals surface area contributed by atoms with Crippen molar-refractivity contribution in [2.24, 2.45) is 5.92 Å². The Labute approximate surface area is 83.3 Å². The van der Waals surface area contributed by atoms with Crippen LogP contribution in [0.3, 0.4) is 0 Å². The molecular formula is C10H17F2NO. The number of carbonyl (C=O) groups is 1. The highest BCUT2D eigenvalue weighted by Gasteiger charge is 2.28. The molecule has 0 amide bonds. The van der Waals surface area contributed by atoms with E-state index in [0.717, 1.165) is 32.6 Å². The molecule has 1 fully saturated rings. The van der Waals surface area contributed by atoms with Gasteiger partial charge in [0.25, 0.3) is 5.92 Å². The summed E-state index contributed by atoms with van der Waals surface area (Å²) in [5.74, 6) is -2.34. The smallest absolute Gasteiger partial charge is 0.257 e. The molecule has 1 aliphatic heterocycles. The second-order valence-corrected chi connectivity index (χ2v) is 4.22. The molecule has 14 heavy (non-hydrogen) atoms. The van der Waals surface area contributed by atoms with Crippen molar-refractivity contribution in [2.75, 3.05) is 19.6 Å². The third-order valence-electron chi connectivity index (χ3n) is 2.53. The maximum absolute atomic E-state index is 12.7. The van der Waals surface area contributed by atoms with Crippen LogP contribution >= 0.6 is 0 Å². The highest BCUT2D eigenvalue weighted by molar-refractivity contribution is 5.49. The Morgan fingerprint density at radius 3 is 2.86 bits per heavy atom. The van der Waals surface area contributed by atoms with E-state index >= 15 is 0 Å². The van der Waals surface area contributed by atoms with Crippen molar-refractivity contribution in [1.82, 2.24) is 4.90 Å². The molecule has 82 valence electrons. The van der Waals surface area contributed by atoms with Gasteiger partial charge in [0.15, 0.2) is 0 Å². The van der Waals surface area contributed by atoms with E-state index in [9.17, 15) is 13.6 Å². The molecule has 1 unspecified atom stereocenters. The Morgan fingerprint density at radius 1 is 1.57 bits per heavy atom. The van der Waals surface area contributed by atoms with Crippen LogP contribution in [0.2, 0.25) is 0 Å². The Kier molecular flexibility index (Phi) is 3.98. The fraction of sp³-hybridized carbons (Fsp3) is 0.900. The van der Waals surface area contributed by atoms with Gasteiger partial charge in [-0.3, -0.25) is 4.90 Å². The molecule has 0 spiro atoms.